The first kappa shape index (κ1) is 12.2. The summed E-state index contributed by atoms with van der Waals surface area (Å²) < 4.78 is 0. The lowest BCUT2D eigenvalue weighted by Gasteiger charge is -2.31. The van der Waals surface area contributed by atoms with Crippen LogP contribution in [0.1, 0.15) is 37.9 Å². The summed E-state index contributed by atoms with van der Waals surface area (Å²) in [7, 11) is 0. The third-order valence-corrected chi connectivity index (χ3v) is 2.65. The number of aryl methyl sites for hydroxylation is 1. The Morgan fingerprint density at radius 2 is 1.87 bits per heavy atom. The van der Waals surface area contributed by atoms with Gasteiger partial charge < -0.3 is 10.8 Å². The lowest BCUT2D eigenvalue weighted by atomic mass is 9.82. The predicted octanol–water partition coefficient (Wildman–Crippen LogP) is 2.40. The zero-order valence-corrected chi connectivity index (χ0v) is 9.99. The maximum atomic E-state index is 10.1. The summed E-state index contributed by atoms with van der Waals surface area (Å²) in [5, 5.41) is 10.1. The molecule has 2 heteroatoms. The van der Waals surface area contributed by atoms with Gasteiger partial charge in [-0.1, -0.05) is 50.6 Å². The van der Waals surface area contributed by atoms with Crippen LogP contribution in [0.25, 0.3) is 0 Å². The first-order valence-electron chi connectivity index (χ1n) is 5.32. The summed E-state index contributed by atoms with van der Waals surface area (Å²) >= 11 is 0. The van der Waals surface area contributed by atoms with E-state index in [1.165, 1.54) is 5.56 Å². The van der Waals surface area contributed by atoms with Gasteiger partial charge in [0.1, 0.15) is 0 Å². The normalized spacial score (nSPS) is 16.1. The van der Waals surface area contributed by atoms with E-state index in [0.717, 1.165) is 5.56 Å². The lowest BCUT2D eigenvalue weighted by molar-refractivity contribution is 0.0401. The Labute approximate surface area is 92.1 Å². The Hall–Kier alpha value is -0.860. The average Bonchev–Trinajstić information content (AvgIpc) is 2.14. The molecule has 0 saturated carbocycles. The van der Waals surface area contributed by atoms with Crippen molar-refractivity contribution in [1.29, 1.82) is 0 Å². The van der Waals surface area contributed by atoms with Gasteiger partial charge in [0, 0.05) is 0 Å². The highest BCUT2D eigenvalue weighted by Crippen LogP contribution is 2.28. The number of benzene rings is 1. The molecule has 0 saturated heterocycles. The molecule has 0 bridgehead atoms. The fourth-order valence-corrected chi connectivity index (χ4v) is 1.60. The Morgan fingerprint density at radius 3 is 2.33 bits per heavy atom. The molecule has 1 rings (SSSR count). The van der Waals surface area contributed by atoms with Crippen LogP contribution in [0, 0.1) is 12.3 Å². The molecule has 0 fully saturated rings. The molecule has 3 N–H and O–H groups in total. The van der Waals surface area contributed by atoms with Crippen LogP contribution in [0.4, 0.5) is 0 Å². The Morgan fingerprint density at radius 1 is 1.27 bits per heavy atom. The van der Waals surface area contributed by atoms with Crippen molar-refractivity contribution in [3.05, 3.63) is 35.4 Å². The third-order valence-electron chi connectivity index (χ3n) is 2.65. The highest BCUT2D eigenvalue weighted by atomic mass is 16.3. The third kappa shape index (κ3) is 3.05. The Balaban J connectivity index is 2.90. The van der Waals surface area contributed by atoms with Gasteiger partial charge in [0.05, 0.1) is 12.1 Å². The first-order chi connectivity index (χ1) is 6.82. The second kappa shape index (κ2) is 4.33. The molecule has 15 heavy (non-hydrogen) atoms. The molecule has 2 atom stereocenters. The van der Waals surface area contributed by atoms with Gasteiger partial charge in [-0.2, -0.15) is 0 Å². The van der Waals surface area contributed by atoms with Crippen LogP contribution in [0.2, 0.25) is 0 Å². The summed E-state index contributed by atoms with van der Waals surface area (Å²) in [6, 6.07) is 7.68. The van der Waals surface area contributed by atoms with Crippen LogP contribution < -0.4 is 5.73 Å². The van der Waals surface area contributed by atoms with Crippen molar-refractivity contribution in [2.24, 2.45) is 11.1 Å². The van der Waals surface area contributed by atoms with E-state index in [-0.39, 0.29) is 11.5 Å². The smallest absolute Gasteiger partial charge is 0.0780 e. The van der Waals surface area contributed by atoms with E-state index in [2.05, 4.69) is 0 Å². The highest BCUT2D eigenvalue weighted by Gasteiger charge is 2.28. The molecule has 0 heterocycles. The van der Waals surface area contributed by atoms with Crippen LogP contribution in [0.3, 0.4) is 0 Å². The number of rotatable bonds is 2. The standard InChI is InChI=1S/C13H21NO/c1-9-6-5-7-10(8-9)11(14)12(15)13(2,3)4/h5-8,11-12,15H,14H2,1-4H3/t11-,12-/m0/s1. The van der Waals surface area contributed by atoms with Gasteiger partial charge in [0.15, 0.2) is 0 Å². The number of hydrogen-bond acceptors (Lipinski definition) is 2. The summed E-state index contributed by atoms with van der Waals surface area (Å²) in [6.07, 6.45) is -0.528. The van der Waals surface area contributed by atoms with Crippen LogP contribution in [-0.2, 0) is 0 Å². The van der Waals surface area contributed by atoms with E-state index in [1.54, 1.807) is 0 Å². The second-order valence-corrected chi connectivity index (χ2v) is 5.25. The van der Waals surface area contributed by atoms with E-state index >= 15 is 0 Å². The average molecular weight is 207 g/mol. The molecule has 0 aromatic heterocycles. The number of nitrogens with two attached hydrogens (primary N) is 1. The van der Waals surface area contributed by atoms with Gasteiger partial charge in [-0.15, -0.1) is 0 Å². The van der Waals surface area contributed by atoms with Crippen LogP contribution in [0.15, 0.2) is 24.3 Å². The van der Waals surface area contributed by atoms with Crippen molar-refractivity contribution in [3.8, 4) is 0 Å². The molecule has 1 aromatic carbocycles. The number of aliphatic hydroxyl groups excluding tert-OH is 1. The molecule has 0 unspecified atom stereocenters. The van der Waals surface area contributed by atoms with Crippen molar-refractivity contribution < 1.29 is 5.11 Å². The molecule has 2 nitrogen and oxygen atoms in total. The van der Waals surface area contributed by atoms with Gasteiger partial charge >= 0.3 is 0 Å². The second-order valence-electron chi connectivity index (χ2n) is 5.25. The zero-order chi connectivity index (χ0) is 11.6. The number of aliphatic hydroxyl groups is 1. The summed E-state index contributed by atoms with van der Waals surface area (Å²) in [6.45, 7) is 8.01. The topological polar surface area (TPSA) is 46.2 Å². The first-order valence-corrected chi connectivity index (χ1v) is 5.32. The van der Waals surface area contributed by atoms with Crippen molar-refractivity contribution in [2.75, 3.05) is 0 Å². The fourth-order valence-electron chi connectivity index (χ4n) is 1.60. The van der Waals surface area contributed by atoms with E-state index in [1.807, 2.05) is 52.0 Å². The van der Waals surface area contributed by atoms with E-state index < -0.39 is 6.10 Å². The van der Waals surface area contributed by atoms with Gasteiger partial charge in [0.25, 0.3) is 0 Å². The van der Waals surface area contributed by atoms with Crippen LogP contribution in [-0.4, -0.2) is 11.2 Å². The van der Waals surface area contributed by atoms with E-state index in [4.69, 9.17) is 5.73 Å². The maximum Gasteiger partial charge on any atom is 0.0780 e. The Bertz CT molecular complexity index is 328. The van der Waals surface area contributed by atoms with E-state index in [9.17, 15) is 5.11 Å². The minimum absolute atomic E-state index is 0.191. The molecule has 0 radical (unpaired) electrons. The summed E-state index contributed by atoms with van der Waals surface area (Å²) in [5.41, 5.74) is 8.02. The van der Waals surface area contributed by atoms with Crippen LogP contribution in [0.5, 0.6) is 0 Å². The summed E-state index contributed by atoms with van der Waals surface area (Å²) in [4.78, 5) is 0. The molecule has 0 aliphatic carbocycles. The van der Waals surface area contributed by atoms with Crippen molar-refractivity contribution in [3.63, 3.8) is 0 Å². The number of hydrogen-bond donors (Lipinski definition) is 2. The van der Waals surface area contributed by atoms with Crippen LogP contribution >= 0.6 is 0 Å². The molecule has 0 spiro atoms. The molecule has 0 amide bonds. The molecule has 0 aliphatic heterocycles. The van der Waals surface area contributed by atoms with E-state index in [0.29, 0.717) is 0 Å². The van der Waals surface area contributed by atoms with Crippen molar-refractivity contribution >= 4 is 0 Å². The van der Waals surface area contributed by atoms with Gasteiger partial charge in [-0.05, 0) is 17.9 Å². The van der Waals surface area contributed by atoms with Gasteiger partial charge in [-0.3, -0.25) is 0 Å². The van der Waals surface area contributed by atoms with Crippen molar-refractivity contribution in [1.82, 2.24) is 0 Å². The quantitative estimate of drug-likeness (QED) is 0.782. The van der Waals surface area contributed by atoms with Crippen molar-refractivity contribution in [2.45, 2.75) is 39.8 Å². The summed E-state index contributed by atoms with van der Waals surface area (Å²) in [5.74, 6) is 0. The minimum atomic E-state index is -0.528. The zero-order valence-electron chi connectivity index (χ0n) is 9.99. The monoisotopic (exact) mass is 207 g/mol. The predicted molar refractivity (Wildman–Crippen MR) is 63.6 cm³/mol. The van der Waals surface area contributed by atoms with Gasteiger partial charge in [0.2, 0.25) is 0 Å². The molecule has 84 valence electrons. The molecular formula is C13H21NO. The molecule has 1 aromatic rings. The largest absolute Gasteiger partial charge is 0.391 e. The fraction of sp³-hybridized carbons (Fsp3) is 0.538. The minimum Gasteiger partial charge on any atom is -0.391 e. The Kier molecular flexibility index (Phi) is 3.53. The molecular weight excluding hydrogens is 186 g/mol. The SMILES string of the molecule is Cc1cccc([C@H](N)[C@H](O)C(C)(C)C)c1. The molecule has 0 aliphatic rings. The maximum absolute atomic E-state index is 10.1. The van der Waals surface area contributed by atoms with Gasteiger partial charge in [-0.25, -0.2) is 0 Å². The lowest BCUT2D eigenvalue weighted by Crippen LogP contribution is -2.36. The highest BCUT2D eigenvalue weighted by molar-refractivity contribution is 5.25.